The zero-order chi connectivity index (χ0) is 54.6. The monoisotopic (exact) mass is 1050 g/mol. The van der Waals surface area contributed by atoms with Crippen molar-refractivity contribution in [3.63, 3.8) is 0 Å². The van der Waals surface area contributed by atoms with Crippen molar-refractivity contribution in [3.05, 3.63) is 108 Å². The van der Waals surface area contributed by atoms with Crippen LogP contribution in [0, 0.1) is 0 Å². The maximum atomic E-state index is 14.4. The number of hydrogen-bond acceptors (Lipinski definition) is 13. The van der Waals surface area contributed by atoms with E-state index in [1.54, 1.807) is 24.3 Å². The smallest absolute Gasteiger partial charge is 0.251 e. The molecule has 0 bridgehead atoms. The lowest BCUT2D eigenvalue weighted by atomic mass is 9.99. The summed E-state index contributed by atoms with van der Waals surface area (Å²) in [7, 11) is 0. The van der Waals surface area contributed by atoms with Gasteiger partial charge in [-0.15, -0.1) is 0 Å². The van der Waals surface area contributed by atoms with Gasteiger partial charge in [0.15, 0.2) is 0 Å². The van der Waals surface area contributed by atoms with E-state index in [4.69, 9.17) is 10.5 Å². The summed E-state index contributed by atoms with van der Waals surface area (Å²) in [5, 5.41) is 56.0. The number of phenols is 1. The minimum absolute atomic E-state index is 0.0468. The SMILES string of the molecule is CCCCCOc1ccc(-c2ccc(-c3ccc(C(=O)N[C@H]4CCCNC(=O)[C@@H]5C[C@H](N)CN5C(=O)[C@H]([C@@H](C)O)NC(=O)[C@H](Cc5ccc(O)cc5)NC(=O)[C@@H]5C[C@@H](O)CN5C(=O)[C@H]([C@@H](C)O)NC4=O)cc3)cc2)cc1. The van der Waals surface area contributed by atoms with Crippen molar-refractivity contribution in [1.29, 1.82) is 0 Å². The van der Waals surface area contributed by atoms with Crippen LogP contribution in [0.25, 0.3) is 22.3 Å². The molecule has 0 aromatic heterocycles. The number of amides is 7. The summed E-state index contributed by atoms with van der Waals surface area (Å²) in [6, 6.07) is 19.1. The molecule has 76 heavy (non-hydrogen) atoms. The Kier molecular flexibility index (Phi) is 19.2. The first-order chi connectivity index (χ1) is 36.4. The van der Waals surface area contributed by atoms with Crippen LogP contribution in [-0.2, 0) is 35.2 Å². The molecule has 0 spiro atoms. The number of ether oxygens (including phenoxy) is 1. The highest BCUT2D eigenvalue weighted by Gasteiger charge is 2.46. The summed E-state index contributed by atoms with van der Waals surface area (Å²) in [6.07, 6.45) is -1.47. The Morgan fingerprint density at radius 1 is 0.697 bits per heavy atom. The Labute approximate surface area is 441 Å². The number of fused-ring (bicyclic) bond motifs is 2. The van der Waals surface area contributed by atoms with E-state index in [1.807, 2.05) is 48.5 Å². The number of aliphatic hydroxyl groups is 3. The van der Waals surface area contributed by atoms with E-state index in [2.05, 4.69) is 33.5 Å². The highest BCUT2D eigenvalue weighted by molar-refractivity contribution is 6.00. The molecule has 3 aliphatic heterocycles. The van der Waals surface area contributed by atoms with Gasteiger partial charge >= 0.3 is 0 Å². The van der Waals surface area contributed by atoms with Gasteiger partial charge in [-0.3, -0.25) is 33.6 Å². The van der Waals surface area contributed by atoms with E-state index in [-0.39, 0.29) is 63.1 Å². The number of carbonyl (C=O) groups excluding carboxylic acids is 7. The van der Waals surface area contributed by atoms with Crippen LogP contribution in [-0.4, -0.2) is 158 Å². The number of benzene rings is 4. The molecule has 20 nitrogen and oxygen atoms in total. The van der Waals surface area contributed by atoms with Crippen molar-refractivity contribution in [1.82, 2.24) is 36.4 Å². The van der Waals surface area contributed by atoms with Gasteiger partial charge in [0.2, 0.25) is 35.4 Å². The molecular weight excluding hydrogens is 977 g/mol. The number of carbonyl (C=O) groups is 7. The van der Waals surface area contributed by atoms with Gasteiger partial charge in [-0.2, -0.15) is 0 Å². The molecule has 4 aromatic rings. The first kappa shape index (κ1) is 56.3. The van der Waals surface area contributed by atoms with Gasteiger partial charge in [0.05, 0.1) is 24.9 Å². The molecule has 4 aromatic carbocycles. The molecule has 11 N–H and O–H groups in total. The number of aromatic hydroxyl groups is 1. The maximum Gasteiger partial charge on any atom is 0.251 e. The third-order valence-corrected chi connectivity index (χ3v) is 14.0. The lowest BCUT2D eigenvalue weighted by Gasteiger charge is -2.32. The third kappa shape index (κ3) is 14.3. The summed E-state index contributed by atoms with van der Waals surface area (Å²) in [5.74, 6) is -4.93. The van der Waals surface area contributed by atoms with Crippen LogP contribution >= 0.6 is 0 Å². The Morgan fingerprint density at radius 3 is 1.82 bits per heavy atom. The van der Waals surface area contributed by atoms with Crippen LogP contribution in [0.2, 0.25) is 0 Å². The highest BCUT2D eigenvalue weighted by Crippen LogP contribution is 2.28. The van der Waals surface area contributed by atoms with Crippen LogP contribution in [0.1, 0.15) is 81.6 Å². The molecular formula is C56H70N8O12. The van der Waals surface area contributed by atoms with Crippen molar-refractivity contribution < 1.29 is 58.7 Å². The number of rotatable bonds is 13. The van der Waals surface area contributed by atoms with Crippen molar-refractivity contribution >= 4 is 41.4 Å². The summed E-state index contributed by atoms with van der Waals surface area (Å²) < 4.78 is 5.86. The predicted molar refractivity (Wildman–Crippen MR) is 281 cm³/mol. The number of aliphatic hydroxyl groups excluding tert-OH is 3. The van der Waals surface area contributed by atoms with Gasteiger partial charge in [-0.1, -0.05) is 80.4 Å². The lowest BCUT2D eigenvalue weighted by molar-refractivity contribution is -0.145. The molecule has 0 saturated carbocycles. The molecule has 3 saturated heterocycles. The topological polar surface area (TPSA) is 302 Å². The summed E-state index contributed by atoms with van der Waals surface area (Å²) in [4.78, 5) is 101. The van der Waals surface area contributed by atoms with Gasteiger partial charge in [-0.25, -0.2) is 0 Å². The molecule has 0 aliphatic carbocycles. The second kappa shape index (κ2) is 25.9. The molecule has 406 valence electrons. The number of unbranched alkanes of at least 4 members (excludes halogenated alkanes) is 2. The fraction of sp³-hybridized carbons (Fsp3) is 0.446. The standard InChI is InChI=1S/C56H70N8O12/c1-4-5-6-26-76-43-23-19-38(20-24-43)36-13-11-35(12-14-36)37-15-17-39(18-16-37)50(69)59-44-8-7-25-58-53(72)46-28-40(57)30-63(46)55(74)48(32(2)65)62-52(71)45(27-34-9-21-41(67)22-10-34)60-54(73)47-29-42(68)31-64(47)56(75)49(33(3)66)61-51(44)70/h9-24,32-33,40,42,44-49,65-68H,4-8,25-31,57H2,1-3H3,(H,58,72)(H,59,69)(H,60,73)(H,61,70)(H,62,71)/t32-,33-,40+,42-,44+,45+,46+,47+,48+,49+/m1/s1. The van der Waals surface area contributed by atoms with Crippen LogP contribution in [0.3, 0.4) is 0 Å². The lowest BCUT2D eigenvalue weighted by Crippen LogP contribution is -2.62. The van der Waals surface area contributed by atoms with E-state index >= 15 is 0 Å². The quantitative estimate of drug-likeness (QED) is 0.0854. The van der Waals surface area contributed by atoms with E-state index in [0.29, 0.717) is 12.2 Å². The van der Waals surface area contributed by atoms with E-state index in [9.17, 15) is 54.0 Å². The fourth-order valence-corrected chi connectivity index (χ4v) is 9.75. The molecule has 0 unspecified atom stereocenters. The van der Waals surface area contributed by atoms with Gasteiger partial charge in [-0.05, 0) is 104 Å². The predicted octanol–water partition coefficient (Wildman–Crippen LogP) is 1.65. The van der Waals surface area contributed by atoms with Gasteiger partial charge in [0.1, 0.15) is 47.8 Å². The third-order valence-electron chi connectivity index (χ3n) is 14.0. The minimum atomic E-state index is -1.69. The first-order valence-electron chi connectivity index (χ1n) is 26.0. The number of phenolic OH excluding ortho intramolecular Hbond substituents is 1. The first-order valence-corrected chi connectivity index (χ1v) is 26.0. The fourth-order valence-electron chi connectivity index (χ4n) is 9.75. The van der Waals surface area contributed by atoms with Crippen LogP contribution in [0.4, 0.5) is 0 Å². The van der Waals surface area contributed by atoms with Crippen LogP contribution in [0.15, 0.2) is 97.1 Å². The number of hydrogen-bond donors (Lipinski definition) is 10. The number of nitrogens with one attached hydrogen (secondary N) is 5. The largest absolute Gasteiger partial charge is 0.508 e. The average molecular weight is 1050 g/mol. The van der Waals surface area contributed by atoms with E-state index in [1.165, 1.54) is 43.0 Å². The molecule has 7 rings (SSSR count). The normalized spacial score (nSPS) is 24.9. The Hall–Kier alpha value is -7.39. The highest BCUT2D eigenvalue weighted by atomic mass is 16.5. The summed E-state index contributed by atoms with van der Waals surface area (Å²) in [6.45, 7) is 4.83. The van der Waals surface area contributed by atoms with Gasteiger partial charge in [0, 0.05) is 44.1 Å². The average Bonchev–Trinajstić information content (AvgIpc) is 4.01. The van der Waals surface area contributed by atoms with Crippen molar-refractivity contribution in [2.45, 2.75) is 133 Å². The zero-order valence-corrected chi connectivity index (χ0v) is 43.0. The molecule has 0 radical (unpaired) electrons. The van der Waals surface area contributed by atoms with Crippen molar-refractivity contribution in [3.8, 4) is 33.8 Å². The molecule has 10 atom stereocenters. The molecule has 7 amide bonds. The van der Waals surface area contributed by atoms with Gasteiger partial charge < -0.3 is 67.3 Å². The van der Waals surface area contributed by atoms with Crippen molar-refractivity contribution in [2.75, 3.05) is 26.2 Å². The molecule has 3 aliphatic rings. The van der Waals surface area contributed by atoms with Gasteiger partial charge in [0.25, 0.3) is 5.91 Å². The molecule has 20 heteroatoms. The van der Waals surface area contributed by atoms with E-state index in [0.717, 1.165) is 52.2 Å². The Balaban J connectivity index is 1.12. The number of nitrogens with zero attached hydrogens (tertiary/aromatic N) is 2. The zero-order valence-electron chi connectivity index (χ0n) is 43.0. The Bertz CT molecular complexity index is 2670. The second-order valence-electron chi connectivity index (χ2n) is 20.0. The van der Waals surface area contributed by atoms with Crippen LogP contribution < -0.4 is 37.1 Å². The minimum Gasteiger partial charge on any atom is -0.508 e. The summed E-state index contributed by atoms with van der Waals surface area (Å²) in [5.41, 5.74) is 10.7. The second-order valence-corrected chi connectivity index (χ2v) is 20.0. The van der Waals surface area contributed by atoms with E-state index < -0.39 is 102 Å². The van der Waals surface area contributed by atoms with Crippen LogP contribution in [0.5, 0.6) is 11.5 Å². The number of nitrogens with two attached hydrogens (primary N) is 1. The summed E-state index contributed by atoms with van der Waals surface area (Å²) >= 11 is 0. The Morgan fingerprint density at radius 2 is 1.24 bits per heavy atom. The maximum absolute atomic E-state index is 14.4. The van der Waals surface area contributed by atoms with Crippen molar-refractivity contribution in [2.24, 2.45) is 5.73 Å². The molecule has 3 fully saturated rings. The molecule has 3 heterocycles.